The van der Waals surface area contributed by atoms with E-state index in [1.54, 1.807) is 0 Å². The molecule has 0 atom stereocenters. The second kappa shape index (κ2) is 6.83. The van der Waals surface area contributed by atoms with Crippen LogP contribution in [0.15, 0.2) is 30.8 Å². The van der Waals surface area contributed by atoms with Crippen LogP contribution >= 0.6 is 0 Å². The summed E-state index contributed by atoms with van der Waals surface area (Å²) in [6.45, 7) is 6.73. The lowest BCUT2D eigenvalue weighted by atomic mass is 10.0. The van der Waals surface area contributed by atoms with Gasteiger partial charge in [-0.15, -0.1) is 0 Å². The minimum atomic E-state index is 0.752. The van der Waals surface area contributed by atoms with E-state index in [1.165, 1.54) is 11.1 Å². The van der Waals surface area contributed by atoms with Gasteiger partial charge >= 0.3 is 0 Å². The lowest BCUT2D eigenvalue weighted by Gasteiger charge is -2.05. The standard InChI is InChI=1S/C14H19NO/c1-12(2)14-8-5-7-13(10-14)6-3-4-9-15-11-16/h5,7-8,10-11H,1,3-4,6,9H2,2H3,(H,15,16). The molecular formula is C14H19NO. The summed E-state index contributed by atoms with van der Waals surface area (Å²) in [5.41, 5.74) is 3.65. The second-order valence-electron chi connectivity index (χ2n) is 4.01. The Hall–Kier alpha value is -1.57. The van der Waals surface area contributed by atoms with Gasteiger partial charge in [0.05, 0.1) is 0 Å². The molecule has 1 aromatic carbocycles. The average Bonchev–Trinajstić information content (AvgIpc) is 2.29. The van der Waals surface area contributed by atoms with E-state index in [4.69, 9.17) is 0 Å². The molecule has 0 heterocycles. The first-order valence-corrected chi connectivity index (χ1v) is 5.66. The summed E-state index contributed by atoms with van der Waals surface area (Å²) in [4.78, 5) is 10.0. The SMILES string of the molecule is C=C(C)c1cccc(CCCCNC=O)c1. The van der Waals surface area contributed by atoms with Gasteiger partial charge in [-0.2, -0.15) is 0 Å². The maximum atomic E-state index is 10.0. The molecule has 2 nitrogen and oxygen atoms in total. The number of hydrogen-bond donors (Lipinski definition) is 1. The number of hydrogen-bond acceptors (Lipinski definition) is 1. The van der Waals surface area contributed by atoms with Gasteiger partial charge in [0, 0.05) is 6.54 Å². The second-order valence-corrected chi connectivity index (χ2v) is 4.01. The van der Waals surface area contributed by atoms with Crippen LogP contribution in [-0.4, -0.2) is 13.0 Å². The van der Waals surface area contributed by atoms with Gasteiger partial charge in [-0.25, -0.2) is 0 Å². The Morgan fingerprint density at radius 2 is 2.25 bits per heavy atom. The number of carbonyl (C=O) groups excluding carboxylic acids is 1. The molecule has 0 spiro atoms. The first-order chi connectivity index (χ1) is 7.74. The zero-order valence-corrected chi connectivity index (χ0v) is 9.83. The predicted octanol–water partition coefficient (Wildman–Crippen LogP) is 2.79. The number of allylic oxidation sites excluding steroid dienone is 1. The van der Waals surface area contributed by atoms with Gasteiger partial charge in [0.15, 0.2) is 0 Å². The number of nitrogens with one attached hydrogen (secondary N) is 1. The Bertz CT molecular complexity index is 358. The molecule has 0 aliphatic carbocycles. The van der Waals surface area contributed by atoms with Crippen LogP contribution in [0.5, 0.6) is 0 Å². The summed E-state index contributed by atoms with van der Waals surface area (Å²) in [5, 5.41) is 2.67. The van der Waals surface area contributed by atoms with Crippen LogP contribution in [0.1, 0.15) is 30.9 Å². The van der Waals surface area contributed by atoms with Gasteiger partial charge in [-0.1, -0.05) is 36.4 Å². The highest BCUT2D eigenvalue weighted by Crippen LogP contribution is 2.14. The van der Waals surface area contributed by atoms with Gasteiger partial charge in [0.2, 0.25) is 6.41 Å². The minimum Gasteiger partial charge on any atom is -0.359 e. The molecule has 1 amide bonds. The van der Waals surface area contributed by atoms with Crippen LogP contribution < -0.4 is 5.32 Å². The number of amides is 1. The van der Waals surface area contributed by atoms with Crippen molar-refractivity contribution in [3.05, 3.63) is 42.0 Å². The number of aryl methyl sites for hydroxylation is 1. The highest BCUT2D eigenvalue weighted by molar-refractivity contribution is 5.61. The van der Waals surface area contributed by atoms with Gasteiger partial charge in [-0.3, -0.25) is 4.79 Å². The van der Waals surface area contributed by atoms with Crippen molar-refractivity contribution < 1.29 is 4.79 Å². The fraction of sp³-hybridized carbons (Fsp3) is 0.357. The summed E-state index contributed by atoms with van der Waals surface area (Å²) in [7, 11) is 0. The first-order valence-electron chi connectivity index (χ1n) is 5.66. The van der Waals surface area contributed by atoms with E-state index >= 15 is 0 Å². The van der Waals surface area contributed by atoms with Gasteiger partial charge in [0.25, 0.3) is 0 Å². The van der Waals surface area contributed by atoms with Crippen molar-refractivity contribution >= 4 is 12.0 Å². The number of rotatable bonds is 7. The van der Waals surface area contributed by atoms with Crippen LogP contribution in [0.4, 0.5) is 0 Å². The van der Waals surface area contributed by atoms with Crippen LogP contribution in [0.25, 0.3) is 5.57 Å². The molecule has 0 bridgehead atoms. The molecule has 2 heteroatoms. The van der Waals surface area contributed by atoms with E-state index in [2.05, 4.69) is 36.2 Å². The molecule has 0 aliphatic heterocycles. The Morgan fingerprint density at radius 1 is 1.44 bits per heavy atom. The summed E-state index contributed by atoms with van der Waals surface area (Å²) in [6.07, 6.45) is 3.93. The molecule has 0 radical (unpaired) electrons. The van der Waals surface area contributed by atoms with E-state index < -0.39 is 0 Å². The lowest BCUT2D eigenvalue weighted by molar-refractivity contribution is -0.109. The fourth-order valence-corrected chi connectivity index (χ4v) is 1.61. The molecule has 0 aliphatic rings. The monoisotopic (exact) mass is 217 g/mol. The molecule has 86 valence electrons. The van der Waals surface area contributed by atoms with E-state index in [0.29, 0.717) is 0 Å². The summed E-state index contributed by atoms with van der Waals surface area (Å²) in [5.74, 6) is 0. The van der Waals surface area contributed by atoms with Crippen molar-refractivity contribution in [3.63, 3.8) is 0 Å². The minimum absolute atomic E-state index is 0.752. The Kier molecular flexibility index (Phi) is 5.34. The largest absolute Gasteiger partial charge is 0.359 e. The van der Waals surface area contributed by atoms with Gasteiger partial charge in [0.1, 0.15) is 0 Å². The van der Waals surface area contributed by atoms with Crippen molar-refractivity contribution in [1.82, 2.24) is 5.32 Å². The highest BCUT2D eigenvalue weighted by atomic mass is 16.1. The molecule has 0 unspecified atom stereocenters. The zero-order chi connectivity index (χ0) is 11.8. The highest BCUT2D eigenvalue weighted by Gasteiger charge is 1.97. The van der Waals surface area contributed by atoms with Crippen molar-refractivity contribution in [2.45, 2.75) is 26.2 Å². The van der Waals surface area contributed by atoms with Crippen LogP contribution in [-0.2, 0) is 11.2 Å². The smallest absolute Gasteiger partial charge is 0.207 e. The van der Waals surface area contributed by atoms with E-state index in [9.17, 15) is 4.79 Å². The quantitative estimate of drug-likeness (QED) is 0.552. The van der Waals surface area contributed by atoms with E-state index in [-0.39, 0.29) is 0 Å². The maximum Gasteiger partial charge on any atom is 0.207 e. The molecule has 1 N–H and O–H groups in total. The molecule has 0 fully saturated rings. The normalized spacial score (nSPS) is 9.81. The molecule has 1 rings (SSSR count). The summed E-state index contributed by atoms with van der Waals surface area (Å²) < 4.78 is 0. The third-order valence-electron chi connectivity index (χ3n) is 2.54. The molecule has 0 saturated carbocycles. The maximum absolute atomic E-state index is 10.0. The van der Waals surface area contributed by atoms with Gasteiger partial charge in [-0.05, 0) is 37.3 Å². The Labute approximate surface area is 97.4 Å². The average molecular weight is 217 g/mol. The predicted molar refractivity (Wildman–Crippen MR) is 68.2 cm³/mol. The van der Waals surface area contributed by atoms with Crippen molar-refractivity contribution in [3.8, 4) is 0 Å². The number of carbonyl (C=O) groups is 1. The first kappa shape index (κ1) is 12.5. The molecule has 0 saturated heterocycles. The molecule has 0 aromatic heterocycles. The van der Waals surface area contributed by atoms with E-state index in [0.717, 1.165) is 37.8 Å². The third-order valence-corrected chi connectivity index (χ3v) is 2.54. The van der Waals surface area contributed by atoms with Crippen LogP contribution in [0, 0.1) is 0 Å². The molecule has 16 heavy (non-hydrogen) atoms. The Morgan fingerprint density at radius 3 is 2.94 bits per heavy atom. The summed E-state index contributed by atoms with van der Waals surface area (Å²) in [6, 6.07) is 8.48. The number of unbranched alkanes of at least 4 members (excludes halogenated alkanes) is 1. The van der Waals surface area contributed by atoms with Crippen molar-refractivity contribution in [2.75, 3.05) is 6.54 Å². The zero-order valence-electron chi connectivity index (χ0n) is 9.83. The van der Waals surface area contributed by atoms with Crippen molar-refractivity contribution in [1.29, 1.82) is 0 Å². The van der Waals surface area contributed by atoms with Crippen molar-refractivity contribution in [2.24, 2.45) is 0 Å². The lowest BCUT2D eigenvalue weighted by Crippen LogP contribution is -2.11. The topological polar surface area (TPSA) is 29.1 Å². The third kappa shape index (κ3) is 4.30. The fourth-order valence-electron chi connectivity index (χ4n) is 1.61. The summed E-state index contributed by atoms with van der Waals surface area (Å²) >= 11 is 0. The Balaban J connectivity index is 2.39. The molecule has 1 aromatic rings. The van der Waals surface area contributed by atoms with Crippen LogP contribution in [0.2, 0.25) is 0 Å². The van der Waals surface area contributed by atoms with Gasteiger partial charge < -0.3 is 5.32 Å². The van der Waals surface area contributed by atoms with Crippen LogP contribution in [0.3, 0.4) is 0 Å². The molecular weight excluding hydrogens is 198 g/mol. The number of benzene rings is 1. The van der Waals surface area contributed by atoms with E-state index in [1.807, 2.05) is 6.92 Å².